The van der Waals surface area contributed by atoms with Crippen molar-refractivity contribution < 1.29 is 37.4 Å². The summed E-state index contributed by atoms with van der Waals surface area (Å²) in [6, 6.07) is 0. The lowest BCUT2D eigenvalue weighted by Crippen LogP contribution is -2.53. The standard InChI is InChI=1S/C11H15F3N2O4/c1-4-6(10(3,19)11(12,13)14)8(17)7(16-15)9(18)20-5-2/h6,19H,4-5H2,1-3H3. The van der Waals surface area contributed by atoms with Gasteiger partial charge in [0.15, 0.2) is 5.60 Å². The molecule has 0 spiro atoms. The Balaban J connectivity index is 5.53. The van der Waals surface area contributed by atoms with Crippen LogP contribution in [-0.4, -0.2) is 45.7 Å². The number of rotatable bonds is 6. The second kappa shape index (κ2) is 6.62. The highest BCUT2D eigenvalue weighted by molar-refractivity contribution is 6.62. The number of alkyl halides is 3. The summed E-state index contributed by atoms with van der Waals surface area (Å²) in [5.41, 5.74) is 4.07. The minimum atomic E-state index is -5.08. The third-order valence-electron chi connectivity index (χ3n) is 2.78. The van der Waals surface area contributed by atoms with Crippen molar-refractivity contribution in [3.8, 4) is 0 Å². The van der Waals surface area contributed by atoms with E-state index in [0.29, 0.717) is 6.92 Å². The van der Waals surface area contributed by atoms with Crippen molar-refractivity contribution in [2.24, 2.45) is 5.92 Å². The van der Waals surface area contributed by atoms with Gasteiger partial charge in [0.25, 0.3) is 5.78 Å². The lowest BCUT2D eigenvalue weighted by Gasteiger charge is -2.31. The Morgan fingerprint density at radius 1 is 1.35 bits per heavy atom. The first-order chi connectivity index (χ1) is 9.04. The van der Waals surface area contributed by atoms with Crippen LogP contribution in [0.25, 0.3) is 5.53 Å². The molecule has 6 nitrogen and oxygen atoms in total. The number of carbonyl (C=O) groups excluding carboxylic acids is 2. The van der Waals surface area contributed by atoms with E-state index in [1.807, 2.05) is 0 Å². The van der Waals surface area contributed by atoms with Crippen LogP contribution in [0.2, 0.25) is 0 Å². The van der Waals surface area contributed by atoms with Gasteiger partial charge in [-0.25, -0.2) is 4.79 Å². The van der Waals surface area contributed by atoms with Gasteiger partial charge in [-0.3, -0.25) is 4.79 Å². The van der Waals surface area contributed by atoms with E-state index in [1.54, 1.807) is 0 Å². The summed E-state index contributed by atoms with van der Waals surface area (Å²) >= 11 is 0. The Bertz CT molecular complexity index is 439. The van der Waals surface area contributed by atoms with Crippen LogP contribution in [0.15, 0.2) is 0 Å². The first-order valence-electron chi connectivity index (χ1n) is 5.77. The zero-order valence-corrected chi connectivity index (χ0v) is 11.2. The average Bonchev–Trinajstić information content (AvgIpc) is 2.29. The van der Waals surface area contributed by atoms with E-state index < -0.39 is 41.6 Å². The molecule has 0 rings (SSSR count). The van der Waals surface area contributed by atoms with Crippen LogP contribution < -0.4 is 0 Å². The molecule has 9 heteroatoms. The third-order valence-corrected chi connectivity index (χ3v) is 2.78. The molecule has 0 aromatic rings. The van der Waals surface area contributed by atoms with Crippen molar-refractivity contribution in [3.05, 3.63) is 5.53 Å². The summed E-state index contributed by atoms with van der Waals surface area (Å²) in [5, 5.41) is 9.50. The minimum absolute atomic E-state index is 0.155. The van der Waals surface area contributed by atoms with Crippen molar-refractivity contribution in [2.75, 3.05) is 6.61 Å². The van der Waals surface area contributed by atoms with E-state index in [0.717, 1.165) is 0 Å². The van der Waals surface area contributed by atoms with E-state index in [2.05, 4.69) is 9.53 Å². The van der Waals surface area contributed by atoms with Crippen LogP contribution in [0.1, 0.15) is 27.2 Å². The van der Waals surface area contributed by atoms with Gasteiger partial charge >= 0.3 is 17.9 Å². The first-order valence-corrected chi connectivity index (χ1v) is 5.77. The van der Waals surface area contributed by atoms with Gasteiger partial charge in [-0.15, -0.1) is 0 Å². The fourth-order valence-electron chi connectivity index (χ4n) is 1.59. The number of hydrogen-bond acceptors (Lipinski definition) is 4. The Kier molecular flexibility index (Phi) is 6.05. The molecular weight excluding hydrogens is 281 g/mol. The van der Waals surface area contributed by atoms with Gasteiger partial charge in [0.2, 0.25) is 0 Å². The van der Waals surface area contributed by atoms with E-state index in [-0.39, 0.29) is 6.61 Å². The summed E-state index contributed by atoms with van der Waals surface area (Å²) in [6.07, 6.45) is -5.50. The zero-order valence-electron chi connectivity index (χ0n) is 11.2. The number of hydrogen-bond donors (Lipinski definition) is 1. The molecule has 0 amide bonds. The number of ether oxygens (including phenoxy) is 1. The summed E-state index contributed by atoms with van der Waals surface area (Å²) < 4.78 is 42.6. The molecule has 0 aromatic carbocycles. The van der Waals surface area contributed by atoms with Crippen LogP contribution in [0.4, 0.5) is 13.2 Å². The SMILES string of the molecule is CCOC(=O)C(=[N+]=[N-])C(=O)C(CC)C(C)(O)C(F)(F)F. The van der Waals surface area contributed by atoms with Crippen molar-refractivity contribution >= 4 is 17.5 Å². The highest BCUT2D eigenvalue weighted by Crippen LogP contribution is 2.38. The maximum Gasteiger partial charge on any atom is 0.441 e. The molecule has 1 N–H and O–H groups in total. The Morgan fingerprint density at radius 3 is 2.15 bits per heavy atom. The maximum absolute atomic E-state index is 12.7. The molecular formula is C11H15F3N2O4. The van der Waals surface area contributed by atoms with Crippen LogP contribution in [-0.2, 0) is 14.3 Å². The quantitative estimate of drug-likeness (QED) is 0.261. The zero-order chi connectivity index (χ0) is 16.1. The van der Waals surface area contributed by atoms with Crippen molar-refractivity contribution in [1.29, 1.82) is 0 Å². The molecule has 114 valence electrons. The number of nitrogens with zero attached hydrogens (tertiary/aromatic N) is 2. The summed E-state index contributed by atoms with van der Waals surface area (Å²) in [5.74, 6) is -4.77. The van der Waals surface area contributed by atoms with Gasteiger partial charge in [-0.2, -0.15) is 18.0 Å². The second-order valence-corrected chi connectivity index (χ2v) is 4.14. The molecule has 0 saturated carbocycles. The van der Waals surface area contributed by atoms with Crippen molar-refractivity contribution in [3.63, 3.8) is 0 Å². The Morgan fingerprint density at radius 2 is 1.85 bits per heavy atom. The van der Waals surface area contributed by atoms with Gasteiger partial charge < -0.3 is 15.4 Å². The fourth-order valence-corrected chi connectivity index (χ4v) is 1.59. The van der Waals surface area contributed by atoms with Crippen LogP contribution in [0.3, 0.4) is 0 Å². The largest absolute Gasteiger partial charge is 0.457 e. The number of aliphatic hydroxyl groups is 1. The minimum Gasteiger partial charge on any atom is -0.457 e. The molecule has 0 aromatic heterocycles. The third kappa shape index (κ3) is 3.64. The normalized spacial score (nSPS) is 15.8. The Labute approximate surface area is 113 Å². The molecule has 2 atom stereocenters. The molecule has 0 aliphatic rings. The maximum atomic E-state index is 12.7. The van der Waals surface area contributed by atoms with Crippen LogP contribution in [0.5, 0.6) is 0 Å². The predicted molar refractivity (Wildman–Crippen MR) is 60.7 cm³/mol. The van der Waals surface area contributed by atoms with Crippen molar-refractivity contribution in [2.45, 2.75) is 39.0 Å². The van der Waals surface area contributed by atoms with E-state index in [4.69, 9.17) is 5.53 Å². The second-order valence-electron chi connectivity index (χ2n) is 4.14. The van der Waals surface area contributed by atoms with E-state index in [1.165, 1.54) is 13.8 Å². The number of Topliss-reactive ketones (excluding diaryl/α,β-unsaturated/α-hetero) is 1. The molecule has 0 bridgehead atoms. The molecule has 0 heterocycles. The molecule has 0 fully saturated rings. The average molecular weight is 296 g/mol. The number of ketones is 1. The van der Waals surface area contributed by atoms with Gasteiger partial charge in [-0.1, -0.05) is 6.92 Å². The summed E-state index contributed by atoms with van der Waals surface area (Å²) in [7, 11) is 0. The lowest BCUT2D eigenvalue weighted by atomic mass is 9.81. The molecule has 2 unspecified atom stereocenters. The monoisotopic (exact) mass is 296 g/mol. The molecule has 0 aliphatic heterocycles. The van der Waals surface area contributed by atoms with Gasteiger partial charge in [-0.05, 0) is 20.3 Å². The number of carbonyl (C=O) groups is 2. The van der Waals surface area contributed by atoms with Gasteiger partial charge in [0.05, 0.1) is 12.5 Å². The molecule has 0 saturated heterocycles. The molecule has 20 heavy (non-hydrogen) atoms. The highest BCUT2D eigenvalue weighted by atomic mass is 19.4. The molecule has 0 radical (unpaired) electrons. The highest BCUT2D eigenvalue weighted by Gasteiger charge is 2.58. The topological polar surface area (TPSA) is 100 Å². The predicted octanol–water partition coefficient (Wildman–Crippen LogP) is 1.13. The first kappa shape index (κ1) is 18.3. The van der Waals surface area contributed by atoms with Gasteiger partial charge in [0, 0.05) is 0 Å². The van der Waals surface area contributed by atoms with E-state index in [9.17, 15) is 27.9 Å². The fraction of sp³-hybridized carbons (Fsp3) is 0.727. The van der Waals surface area contributed by atoms with Crippen LogP contribution in [0, 0.1) is 5.92 Å². The summed E-state index contributed by atoms with van der Waals surface area (Å²) in [6.45, 7) is 2.89. The van der Waals surface area contributed by atoms with Crippen LogP contribution >= 0.6 is 0 Å². The number of esters is 1. The molecule has 0 aliphatic carbocycles. The number of halogens is 3. The van der Waals surface area contributed by atoms with E-state index >= 15 is 0 Å². The lowest BCUT2D eigenvalue weighted by molar-refractivity contribution is -0.268. The smallest absolute Gasteiger partial charge is 0.441 e. The summed E-state index contributed by atoms with van der Waals surface area (Å²) in [4.78, 5) is 25.6. The van der Waals surface area contributed by atoms with Gasteiger partial charge in [0.1, 0.15) is 0 Å². The van der Waals surface area contributed by atoms with Crippen molar-refractivity contribution in [1.82, 2.24) is 0 Å². The Hall–Kier alpha value is -1.73.